The summed E-state index contributed by atoms with van der Waals surface area (Å²) in [5.41, 5.74) is 0.710. The number of nitrogens with two attached hydrogens (primary N) is 1. The minimum absolute atomic E-state index is 0.0598. The normalized spacial score (nSPS) is 23.1. The van der Waals surface area contributed by atoms with E-state index in [0.29, 0.717) is 5.56 Å². The Kier molecular flexibility index (Phi) is 4.96. The summed E-state index contributed by atoms with van der Waals surface area (Å²) in [5.74, 6) is 5.27. The van der Waals surface area contributed by atoms with Crippen molar-refractivity contribution in [1.82, 2.24) is 4.90 Å². The molecule has 1 aromatic rings. The summed E-state index contributed by atoms with van der Waals surface area (Å²) < 4.78 is 0.839. The molecular weight excluding hydrogens is 308 g/mol. The van der Waals surface area contributed by atoms with E-state index in [1.54, 1.807) is 0 Å². The molecule has 19 heavy (non-hydrogen) atoms. The lowest BCUT2D eigenvalue weighted by atomic mass is 9.92. The van der Waals surface area contributed by atoms with Crippen molar-refractivity contribution in [2.75, 3.05) is 7.05 Å². The standard InChI is InChI=1S/C14H19BrN2O2/c1-17(10-6-8-11(19-16)9-7-10)14(18)12-4-2-3-5-13(12)15/h2-5,10-11H,6-9,16H2,1H3. The minimum atomic E-state index is 0.0598. The topological polar surface area (TPSA) is 55.6 Å². The fourth-order valence-corrected chi connectivity index (χ4v) is 3.01. The quantitative estimate of drug-likeness (QED) is 0.869. The number of nitrogens with zero attached hydrogens (tertiary/aromatic N) is 1. The number of carbonyl (C=O) groups is 1. The molecule has 2 rings (SSSR count). The maximum absolute atomic E-state index is 12.5. The Hall–Kier alpha value is -0.910. The van der Waals surface area contributed by atoms with Crippen molar-refractivity contribution in [3.05, 3.63) is 34.3 Å². The molecule has 104 valence electrons. The highest BCUT2D eigenvalue weighted by molar-refractivity contribution is 9.10. The van der Waals surface area contributed by atoms with Crippen molar-refractivity contribution in [3.8, 4) is 0 Å². The molecule has 4 nitrogen and oxygen atoms in total. The van der Waals surface area contributed by atoms with Crippen LogP contribution >= 0.6 is 15.9 Å². The van der Waals surface area contributed by atoms with Gasteiger partial charge in [0.05, 0.1) is 11.7 Å². The third kappa shape index (κ3) is 3.35. The van der Waals surface area contributed by atoms with Gasteiger partial charge < -0.3 is 9.74 Å². The van der Waals surface area contributed by atoms with Crippen LogP contribution in [0.5, 0.6) is 0 Å². The second-order valence-electron chi connectivity index (χ2n) is 4.96. The molecule has 2 N–H and O–H groups in total. The van der Waals surface area contributed by atoms with Gasteiger partial charge in [-0.2, -0.15) is 0 Å². The molecule has 0 aliphatic heterocycles. The second-order valence-corrected chi connectivity index (χ2v) is 5.82. The molecule has 0 unspecified atom stereocenters. The van der Waals surface area contributed by atoms with Gasteiger partial charge in [-0.3, -0.25) is 4.79 Å². The molecule has 1 saturated carbocycles. The largest absolute Gasteiger partial charge is 0.339 e. The zero-order valence-electron chi connectivity index (χ0n) is 11.0. The first-order valence-corrected chi connectivity index (χ1v) is 7.30. The molecule has 0 atom stereocenters. The number of benzene rings is 1. The summed E-state index contributed by atoms with van der Waals surface area (Å²) in [6.45, 7) is 0. The van der Waals surface area contributed by atoms with Gasteiger partial charge in [-0.05, 0) is 53.7 Å². The van der Waals surface area contributed by atoms with E-state index in [1.165, 1.54) is 0 Å². The number of hydrogen-bond donors (Lipinski definition) is 1. The molecule has 1 aliphatic carbocycles. The first-order chi connectivity index (χ1) is 9.13. The van der Waals surface area contributed by atoms with E-state index in [4.69, 9.17) is 10.7 Å². The van der Waals surface area contributed by atoms with Crippen LogP contribution in [0.15, 0.2) is 28.7 Å². The summed E-state index contributed by atoms with van der Waals surface area (Å²) in [6.07, 6.45) is 3.84. The first kappa shape index (κ1) is 14.5. The molecule has 0 radical (unpaired) electrons. The van der Waals surface area contributed by atoms with Crippen LogP contribution in [0, 0.1) is 0 Å². The van der Waals surface area contributed by atoms with Crippen LogP contribution in [0.25, 0.3) is 0 Å². The van der Waals surface area contributed by atoms with Gasteiger partial charge in [0.25, 0.3) is 5.91 Å². The third-order valence-electron chi connectivity index (χ3n) is 3.81. The van der Waals surface area contributed by atoms with Crippen LogP contribution in [0.1, 0.15) is 36.0 Å². The van der Waals surface area contributed by atoms with Crippen molar-refractivity contribution < 1.29 is 9.63 Å². The third-order valence-corrected chi connectivity index (χ3v) is 4.50. The van der Waals surface area contributed by atoms with Crippen LogP contribution in [-0.2, 0) is 4.84 Å². The summed E-state index contributed by atoms with van der Waals surface area (Å²) in [6, 6.07) is 7.79. The highest BCUT2D eigenvalue weighted by Crippen LogP contribution is 2.26. The minimum Gasteiger partial charge on any atom is -0.339 e. The van der Waals surface area contributed by atoms with Crippen LogP contribution in [0.3, 0.4) is 0 Å². The average Bonchev–Trinajstić information content (AvgIpc) is 2.46. The molecule has 0 aromatic heterocycles. The SMILES string of the molecule is CN(C(=O)c1ccccc1Br)C1CCC(ON)CC1. The molecule has 0 heterocycles. The lowest BCUT2D eigenvalue weighted by Crippen LogP contribution is -2.41. The Bertz CT molecular complexity index is 445. The molecule has 0 saturated heterocycles. The summed E-state index contributed by atoms with van der Waals surface area (Å²) in [7, 11) is 1.87. The molecule has 5 heteroatoms. The lowest BCUT2D eigenvalue weighted by molar-refractivity contribution is 0.00992. The van der Waals surface area contributed by atoms with Gasteiger partial charge in [0.1, 0.15) is 0 Å². The highest BCUT2D eigenvalue weighted by Gasteiger charge is 2.27. The molecule has 1 aromatic carbocycles. The summed E-state index contributed by atoms with van der Waals surface area (Å²) in [4.78, 5) is 19.2. The monoisotopic (exact) mass is 326 g/mol. The Morgan fingerprint density at radius 2 is 1.95 bits per heavy atom. The van der Waals surface area contributed by atoms with Crippen molar-refractivity contribution in [2.24, 2.45) is 5.90 Å². The molecule has 1 fully saturated rings. The van der Waals surface area contributed by atoms with Gasteiger partial charge in [0.2, 0.25) is 0 Å². The van der Waals surface area contributed by atoms with Gasteiger partial charge in [0, 0.05) is 17.6 Å². The second kappa shape index (κ2) is 6.50. The Labute approximate surface area is 122 Å². The maximum Gasteiger partial charge on any atom is 0.254 e. The average molecular weight is 327 g/mol. The Balaban J connectivity index is 2.02. The van der Waals surface area contributed by atoms with E-state index in [1.807, 2.05) is 36.2 Å². The van der Waals surface area contributed by atoms with Crippen molar-refractivity contribution in [3.63, 3.8) is 0 Å². The van der Waals surface area contributed by atoms with Gasteiger partial charge >= 0.3 is 0 Å². The van der Waals surface area contributed by atoms with Gasteiger partial charge in [-0.15, -0.1) is 0 Å². The van der Waals surface area contributed by atoms with Crippen LogP contribution in [0.4, 0.5) is 0 Å². The fourth-order valence-electron chi connectivity index (χ4n) is 2.56. The number of amides is 1. The van der Waals surface area contributed by atoms with Crippen molar-refractivity contribution in [1.29, 1.82) is 0 Å². The smallest absolute Gasteiger partial charge is 0.254 e. The van der Waals surface area contributed by atoms with Crippen LogP contribution < -0.4 is 5.90 Å². The van der Waals surface area contributed by atoms with Crippen LogP contribution in [-0.4, -0.2) is 30.0 Å². The lowest BCUT2D eigenvalue weighted by Gasteiger charge is -2.34. The predicted molar refractivity (Wildman–Crippen MR) is 77.6 cm³/mol. The van der Waals surface area contributed by atoms with E-state index in [-0.39, 0.29) is 18.1 Å². The number of hydrogen-bond acceptors (Lipinski definition) is 3. The zero-order valence-corrected chi connectivity index (χ0v) is 12.6. The first-order valence-electron chi connectivity index (χ1n) is 6.50. The number of rotatable bonds is 3. The summed E-state index contributed by atoms with van der Waals surface area (Å²) >= 11 is 3.43. The molecular formula is C14H19BrN2O2. The van der Waals surface area contributed by atoms with Crippen molar-refractivity contribution >= 4 is 21.8 Å². The van der Waals surface area contributed by atoms with E-state index in [9.17, 15) is 4.79 Å². The van der Waals surface area contributed by atoms with Gasteiger partial charge in [-0.1, -0.05) is 12.1 Å². The van der Waals surface area contributed by atoms with Gasteiger partial charge in [-0.25, -0.2) is 5.90 Å². The van der Waals surface area contributed by atoms with E-state index in [2.05, 4.69) is 15.9 Å². The maximum atomic E-state index is 12.5. The Morgan fingerprint density at radius 1 is 1.32 bits per heavy atom. The van der Waals surface area contributed by atoms with E-state index >= 15 is 0 Å². The van der Waals surface area contributed by atoms with Crippen molar-refractivity contribution in [2.45, 2.75) is 37.8 Å². The van der Waals surface area contributed by atoms with E-state index < -0.39 is 0 Å². The molecule has 0 bridgehead atoms. The molecule has 0 spiro atoms. The van der Waals surface area contributed by atoms with E-state index in [0.717, 1.165) is 30.2 Å². The summed E-state index contributed by atoms with van der Waals surface area (Å²) in [5, 5.41) is 0. The highest BCUT2D eigenvalue weighted by atomic mass is 79.9. The Morgan fingerprint density at radius 3 is 2.53 bits per heavy atom. The molecule has 1 amide bonds. The number of halogens is 1. The zero-order chi connectivity index (χ0) is 13.8. The molecule has 1 aliphatic rings. The fraction of sp³-hybridized carbons (Fsp3) is 0.500. The van der Waals surface area contributed by atoms with Gasteiger partial charge in [0.15, 0.2) is 0 Å². The van der Waals surface area contributed by atoms with Crippen LogP contribution in [0.2, 0.25) is 0 Å². The number of carbonyl (C=O) groups excluding carboxylic acids is 1. The predicted octanol–water partition coefficient (Wildman–Crippen LogP) is 2.72.